The summed E-state index contributed by atoms with van der Waals surface area (Å²) in [4.78, 5) is 0.843. The second-order valence-electron chi connectivity index (χ2n) is 2.55. The van der Waals surface area contributed by atoms with Crippen molar-refractivity contribution in [2.75, 3.05) is 0 Å². The Kier molecular flexibility index (Phi) is 2.30. The van der Waals surface area contributed by atoms with Crippen LogP contribution in [0.5, 0.6) is 0 Å². The van der Waals surface area contributed by atoms with Crippen molar-refractivity contribution in [3.8, 4) is 0 Å². The Labute approximate surface area is 86.0 Å². The zero-order valence-corrected chi connectivity index (χ0v) is 9.62. The molecule has 2 rings (SSSR count). The molecule has 0 bridgehead atoms. The fourth-order valence-corrected chi connectivity index (χ4v) is 3.34. The Hall–Kier alpha value is 0.520. The fraction of sp³-hybridized carbons (Fsp3) is 0.667. The number of alkyl halides is 2. The van der Waals surface area contributed by atoms with E-state index in [0.717, 1.165) is 24.2 Å². The predicted molar refractivity (Wildman–Crippen MR) is 52.5 cm³/mol. The first-order valence-electron chi connectivity index (χ1n) is 3.39. The van der Waals surface area contributed by atoms with Crippen molar-refractivity contribution in [1.82, 2.24) is 8.75 Å². The molecule has 0 amide bonds. The maximum atomic E-state index is 4.24. The number of hydrogen-bond donors (Lipinski definition) is 0. The summed E-state index contributed by atoms with van der Waals surface area (Å²) in [5.74, 6) is 0. The Morgan fingerprint density at radius 2 is 1.55 bits per heavy atom. The van der Waals surface area contributed by atoms with E-state index in [1.165, 1.54) is 11.7 Å². The van der Waals surface area contributed by atoms with Gasteiger partial charge >= 0.3 is 0 Å². The van der Waals surface area contributed by atoms with Crippen LogP contribution in [-0.2, 0) is 0 Å². The van der Waals surface area contributed by atoms with E-state index >= 15 is 0 Å². The van der Waals surface area contributed by atoms with Gasteiger partial charge in [-0.15, -0.1) is 0 Å². The average Bonchev–Trinajstić information content (AvgIpc) is 2.45. The SMILES string of the molecule is BrC1CCC(Br)c2nsnc21. The highest BCUT2D eigenvalue weighted by Crippen LogP contribution is 2.43. The standard InChI is InChI=1S/C6H6Br2N2S/c7-3-1-2-4(8)6-5(3)9-11-10-6/h3-4H,1-2H2. The van der Waals surface area contributed by atoms with Crippen molar-refractivity contribution in [3.63, 3.8) is 0 Å². The summed E-state index contributed by atoms with van der Waals surface area (Å²) in [5, 5.41) is 0. The van der Waals surface area contributed by atoms with E-state index < -0.39 is 0 Å². The Morgan fingerprint density at radius 1 is 1.09 bits per heavy atom. The molecule has 5 heteroatoms. The second-order valence-corrected chi connectivity index (χ2v) is 5.29. The Morgan fingerprint density at radius 3 is 2.00 bits per heavy atom. The molecule has 1 aliphatic rings. The van der Waals surface area contributed by atoms with Crippen LogP contribution in [0, 0.1) is 0 Å². The van der Waals surface area contributed by atoms with Crippen LogP contribution < -0.4 is 0 Å². The average molecular weight is 298 g/mol. The van der Waals surface area contributed by atoms with Gasteiger partial charge in [0, 0.05) is 0 Å². The predicted octanol–water partition coefficient (Wildman–Crippen LogP) is 3.20. The molecule has 1 heterocycles. The normalized spacial score (nSPS) is 30.0. The monoisotopic (exact) mass is 296 g/mol. The molecule has 0 N–H and O–H groups in total. The zero-order chi connectivity index (χ0) is 7.84. The lowest BCUT2D eigenvalue weighted by atomic mass is 10.0. The van der Waals surface area contributed by atoms with Crippen LogP contribution in [0.3, 0.4) is 0 Å². The summed E-state index contributed by atoms with van der Waals surface area (Å²) in [5.41, 5.74) is 2.26. The molecule has 0 saturated heterocycles. The third kappa shape index (κ3) is 1.38. The Bertz CT molecular complexity index is 238. The van der Waals surface area contributed by atoms with Crippen molar-refractivity contribution in [1.29, 1.82) is 0 Å². The summed E-state index contributed by atoms with van der Waals surface area (Å²) < 4.78 is 8.48. The molecule has 2 nitrogen and oxygen atoms in total. The van der Waals surface area contributed by atoms with Crippen LogP contribution >= 0.6 is 43.6 Å². The minimum Gasteiger partial charge on any atom is -0.177 e. The van der Waals surface area contributed by atoms with Gasteiger partial charge in [0.05, 0.1) is 32.8 Å². The summed E-state index contributed by atoms with van der Waals surface area (Å²) in [6.45, 7) is 0. The van der Waals surface area contributed by atoms with Crippen LogP contribution in [-0.4, -0.2) is 8.75 Å². The molecule has 1 aliphatic carbocycles. The van der Waals surface area contributed by atoms with Gasteiger partial charge in [-0.25, -0.2) is 0 Å². The Balaban J connectivity index is 2.43. The number of aromatic nitrogens is 2. The quantitative estimate of drug-likeness (QED) is 0.687. The first-order chi connectivity index (χ1) is 5.29. The number of hydrogen-bond acceptors (Lipinski definition) is 3. The minimum absolute atomic E-state index is 0.421. The van der Waals surface area contributed by atoms with Gasteiger partial charge in [0.2, 0.25) is 0 Å². The lowest BCUT2D eigenvalue weighted by molar-refractivity contribution is 0.658. The molecule has 0 saturated carbocycles. The minimum atomic E-state index is 0.421. The van der Waals surface area contributed by atoms with Crippen molar-refractivity contribution in [2.24, 2.45) is 0 Å². The molecule has 0 aromatic carbocycles. The van der Waals surface area contributed by atoms with E-state index in [4.69, 9.17) is 0 Å². The van der Waals surface area contributed by atoms with E-state index in [1.807, 2.05) is 0 Å². The van der Waals surface area contributed by atoms with Gasteiger partial charge in [0.15, 0.2) is 0 Å². The third-order valence-electron chi connectivity index (χ3n) is 1.81. The molecule has 0 spiro atoms. The van der Waals surface area contributed by atoms with E-state index in [1.54, 1.807) is 0 Å². The van der Waals surface area contributed by atoms with Crippen molar-refractivity contribution < 1.29 is 0 Å². The van der Waals surface area contributed by atoms with Gasteiger partial charge in [0.25, 0.3) is 0 Å². The molecule has 2 atom stereocenters. The van der Waals surface area contributed by atoms with E-state index in [0.29, 0.717) is 9.65 Å². The summed E-state index contributed by atoms with van der Waals surface area (Å²) in [7, 11) is 0. The molecular formula is C6H6Br2N2S. The molecular weight excluding hydrogens is 292 g/mol. The first kappa shape index (κ1) is 8.13. The molecule has 1 aromatic heterocycles. The van der Waals surface area contributed by atoms with E-state index in [-0.39, 0.29) is 0 Å². The van der Waals surface area contributed by atoms with Crippen LogP contribution in [0.4, 0.5) is 0 Å². The maximum absolute atomic E-state index is 4.24. The smallest absolute Gasteiger partial charge is 0.0923 e. The van der Waals surface area contributed by atoms with Crippen LogP contribution in [0.2, 0.25) is 0 Å². The summed E-state index contributed by atoms with van der Waals surface area (Å²) in [6, 6.07) is 0. The van der Waals surface area contributed by atoms with Crippen LogP contribution in [0.15, 0.2) is 0 Å². The molecule has 0 radical (unpaired) electrons. The maximum Gasteiger partial charge on any atom is 0.0923 e. The molecule has 60 valence electrons. The van der Waals surface area contributed by atoms with E-state index in [2.05, 4.69) is 40.6 Å². The highest BCUT2D eigenvalue weighted by molar-refractivity contribution is 9.09. The molecule has 0 aliphatic heterocycles. The van der Waals surface area contributed by atoms with E-state index in [9.17, 15) is 0 Å². The largest absolute Gasteiger partial charge is 0.177 e. The third-order valence-corrected chi connectivity index (χ3v) is 4.15. The number of fused-ring (bicyclic) bond motifs is 1. The topological polar surface area (TPSA) is 25.8 Å². The highest BCUT2D eigenvalue weighted by atomic mass is 79.9. The molecule has 0 fully saturated rings. The van der Waals surface area contributed by atoms with Gasteiger partial charge in [-0.3, -0.25) is 0 Å². The summed E-state index contributed by atoms with van der Waals surface area (Å²) >= 11 is 8.46. The van der Waals surface area contributed by atoms with Gasteiger partial charge in [0.1, 0.15) is 0 Å². The van der Waals surface area contributed by atoms with Gasteiger partial charge in [-0.2, -0.15) is 8.75 Å². The fourth-order valence-electron chi connectivity index (χ4n) is 1.20. The van der Waals surface area contributed by atoms with Crippen molar-refractivity contribution in [3.05, 3.63) is 11.4 Å². The van der Waals surface area contributed by atoms with Crippen molar-refractivity contribution >= 4 is 43.6 Å². The lowest BCUT2D eigenvalue weighted by Gasteiger charge is -2.18. The van der Waals surface area contributed by atoms with Gasteiger partial charge in [-0.05, 0) is 12.8 Å². The number of rotatable bonds is 0. The lowest BCUT2D eigenvalue weighted by Crippen LogP contribution is -2.06. The van der Waals surface area contributed by atoms with Crippen LogP contribution in [0.1, 0.15) is 33.9 Å². The second kappa shape index (κ2) is 3.11. The van der Waals surface area contributed by atoms with Crippen LogP contribution in [0.25, 0.3) is 0 Å². The van der Waals surface area contributed by atoms with Gasteiger partial charge in [-0.1, -0.05) is 31.9 Å². The first-order valence-corrected chi connectivity index (χ1v) is 5.95. The zero-order valence-electron chi connectivity index (χ0n) is 5.63. The van der Waals surface area contributed by atoms with Crippen molar-refractivity contribution in [2.45, 2.75) is 22.5 Å². The molecule has 1 aromatic rings. The summed E-state index contributed by atoms with van der Waals surface area (Å²) in [6.07, 6.45) is 2.29. The molecule has 11 heavy (non-hydrogen) atoms. The van der Waals surface area contributed by atoms with Gasteiger partial charge < -0.3 is 0 Å². The molecule has 2 unspecified atom stereocenters. The number of nitrogens with zero attached hydrogens (tertiary/aromatic N) is 2. The highest BCUT2D eigenvalue weighted by Gasteiger charge is 2.27. The number of halogens is 2.